The summed E-state index contributed by atoms with van der Waals surface area (Å²) in [6.07, 6.45) is 3.22. The second-order valence-electron chi connectivity index (χ2n) is 7.47. The highest BCUT2D eigenvalue weighted by Gasteiger charge is 2.35. The standard InChI is InChI=1S/C22H21F2N3O4S/c1-3-27-14(11-31-2)9-26-10-16(19(28)20(29)18(26)22(27)30)21-25-8-15(32-21)6-12-4-5-13(23)7-17(12)24/h4-5,7-8,10,14,29H,3,6,9,11H2,1-2H3. The van der Waals surface area contributed by atoms with Crippen LogP contribution in [0.4, 0.5) is 8.78 Å². The lowest BCUT2D eigenvalue weighted by Gasteiger charge is -2.36. The van der Waals surface area contributed by atoms with Gasteiger partial charge in [0.25, 0.3) is 5.91 Å². The Kier molecular flexibility index (Phi) is 6.07. The molecule has 0 saturated carbocycles. The predicted molar refractivity (Wildman–Crippen MR) is 115 cm³/mol. The summed E-state index contributed by atoms with van der Waals surface area (Å²) in [4.78, 5) is 32.2. The molecule has 0 saturated heterocycles. The highest BCUT2D eigenvalue weighted by atomic mass is 32.1. The molecule has 1 N–H and O–H groups in total. The van der Waals surface area contributed by atoms with Gasteiger partial charge in [0, 0.05) is 50.0 Å². The van der Waals surface area contributed by atoms with Crippen LogP contribution in [0.5, 0.6) is 5.75 Å². The van der Waals surface area contributed by atoms with Crippen LogP contribution < -0.4 is 5.43 Å². The maximum atomic E-state index is 14.0. The molecular weight excluding hydrogens is 440 g/mol. The number of amides is 1. The maximum Gasteiger partial charge on any atom is 0.274 e. The van der Waals surface area contributed by atoms with Gasteiger partial charge in [0.15, 0.2) is 11.4 Å². The van der Waals surface area contributed by atoms with Gasteiger partial charge in [0.05, 0.1) is 18.2 Å². The van der Waals surface area contributed by atoms with E-state index in [0.717, 1.165) is 6.07 Å². The monoisotopic (exact) mass is 461 g/mol. The summed E-state index contributed by atoms with van der Waals surface area (Å²) in [5, 5.41) is 10.9. The van der Waals surface area contributed by atoms with Crippen molar-refractivity contribution in [2.45, 2.75) is 25.9 Å². The number of carbonyl (C=O) groups excluding carboxylic acids is 1. The summed E-state index contributed by atoms with van der Waals surface area (Å²) in [6.45, 7) is 2.90. The van der Waals surface area contributed by atoms with Crippen molar-refractivity contribution in [2.24, 2.45) is 0 Å². The van der Waals surface area contributed by atoms with E-state index in [1.54, 1.807) is 16.6 Å². The number of ether oxygens (including phenoxy) is 1. The molecule has 3 heterocycles. The third-order valence-corrected chi connectivity index (χ3v) is 6.46. The quantitative estimate of drug-likeness (QED) is 0.610. The minimum absolute atomic E-state index is 0.0573. The Morgan fingerprint density at radius 3 is 2.78 bits per heavy atom. The molecule has 1 unspecified atom stereocenters. The first kappa shape index (κ1) is 22.1. The van der Waals surface area contributed by atoms with E-state index in [2.05, 4.69) is 4.98 Å². The number of carbonyl (C=O) groups is 1. The first-order valence-corrected chi connectivity index (χ1v) is 10.8. The number of likely N-dealkylation sites (N-methyl/N-ethyl adjacent to an activating group) is 1. The Balaban J connectivity index is 1.70. The Morgan fingerprint density at radius 1 is 1.31 bits per heavy atom. The van der Waals surface area contributed by atoms with Crippen molar-refractivity contribution < 1.29 is 23.4 Å². The van der Waals surface area contributed by atoms with Gasteiger partial charge in [-0.2, -0.15) is 0 Å². The van der Waals surface area contributed by atoms with Crippen molar-refractivity contribution in [3.8, 4) is 16.3 Å². The van der Waals surface area contributed by atoms with Gasteiger partial charge in [-0.15, -0.1) is 11.3 Å². The van der Waals surface area contributed by atoms with Gasteiger partial charge >= 0.3 is 0 Å². The minimum atomic E-state index is -0.695. The number of aromatic hydroxyl groups is 1. The van der Waals surface area contributed by atoms with Gasteiger partial charge in [0.2, 0.25) is 5.43 Å². The molecule has 2 aromatic heterocycles. The van der Waals surface area contributed by atoms with Crippen LogP contribution in [0.15, 0.2) is 35.4 Å². The number of rotatable bonds is 6. The lowest BCUT2D eigenvalue weighted by Crippen LogP contribution is -2.50. The van der Waals surface area contributed by atoms with E-state index >= 15 is 0 Å². The predicted octanol–water partition coefficient (Wildman–Crippen LogP) is 3.04. The van der Waals surface area contributed by atoms with E-state index in [1.807, 2.05) is 6.92 Å². The highest BCUT2D eigenvalue weighted by molar-refractivity contribution is 7.15. The van der Waals surface area contributed by atoms with Crippen LogP contribution in [0.3, 0.4) is 0 Å². The molecule has 1 atom stereocenters. The van der Waals surface area contributed by atoms with Crippen LogP contribution in [-0.4, -0.2) is 51.8 Å². The van der Waals surface area contributed by atoms with Gasteiger partial charge in [-0.3, -0.25) is 9.59 Å². The summed E-state index contributed by atoms with van der Waals surface area (Å²) < 4.78 is 33.9. The third kappa shape index (κ3) is 3.91. The molecular formula is C22H21F2N3O4S. The fourth-order valence-corrected chi connectivity index (χ4v) is 4.84. The van der Waals surface area contributed by atoms with E-state index in [0.29, 0.717) is 35.1 Å². The zero-order chi connectivity index (χ0) is 23.0. The molecule has 32 heavy (non-hydrogen) atoms. The number of halogens is 2. The summed E-state index contributed by atoms with van der Waals surface area (Å²) >= 11 is 1.17. The van der Waals surface area contributed by atoms with Crippen LogP contribution in [0.25, 0.3) is 10.6 Å². The molecule has 1 aromatic carbocycles. The topological polar surface area (TPSA) is 84.7 Å². The van der Waals surface area contributed by atoms with Gasteiger partial charge < -0.3 is 19.3 Å². The lowest BCUT2D eigenvalue weighted by atomic mass is 10.1. The molecule has 1 aliphatic rings. The van der Waals surface area contributed by atoms with Crippen molar-refractivity contribution in [2.75, 3.05) is 20.3 Å². The number of pyridine rings is 1. The zero-order valence-corrected chi connectivity index (χ0v) is 18.3. The van der Waals surface area contributed by atoms with Gasteiger partial charge in [0.1, 0.15) is 16.6 Å². The molecule has 0 radical (unpaired) electrons. The Morgan fingerprint density at radius 2 is 2.09 bits per heavy atom. The second-order valence-corrected chi connectivity index (χ2v) is 8.58. The largest absolute Gasteiger partial charge is 0.503 e. The van der Waals surface area contributed by atoms with Gasteiger partial charge in [-0.25, -0.2) is 13.8 Å². The number of methoxy groups -OCH3 is 1. The van der Waals surface area contributed by atoms with Crippen LogP contribution in [0.2, 0.25) is 0 Å². The Hall–Kier alpha value is -3.11. The number of fused-ring (bicyclic) bond motifs is 1. The second kappa shape index (κ2) is 8.79. The average molecular weight is 461 g/mol. The molecule has 0 bridgehead atoms. The first-order valence-electron chi connectivity index (χ1n) is 9.99. The lowest BCUT2D eigenvalue weighted by molar-refractivity contribution is 0.0423. The van der Waals surface area contributed by atoms with Gasteiger partial charge in [-0.1, -0.05) is 6.07 Å². The van der Waals surface area contributed by atoms with E-state index in [9.17, 15) is 23.5 Å². The molecule has 168 valence electrons. The molecule has 3 aromatic rings. The number of thiazole rings is 1. The molecule has 1 amide bonds. The molecule has 10 heteroatoms. The number of hydrogen-bond donors (Lipinski definition) is 1. The molecule has 7 nitrogen and oxygen atoms in total. The van der Waals surface area contributed by atoms with Crippen molar-refractivity contribution in [1.29, 1.82) is 0 Å². The first-order chi connectivity index (χ1) is 15.3. The Labute approximate surface area is 186 Å². The molecule has 0 fully saturated rings. The summed E-state index contributed by atoms with van der Waals surface area (Å²) in [5.41, 5.74) is -0.298. The van der Waals surface area contributed by atoms with Crippen molar-refractivity contribution >= 4 is 17.2 Å². The van der Waals surface area contributed by atoms with Crippen LogP contribution in [0.1, 0.15) is 27.9 Å². The minimum Gasteiger partial charge on any atom is -0.503 e. The molecule has 1 aliphatic heterocycles. The van der Waals surface area contributed by atoms with Crippen LogP contribution >= 0.6 is 11.3 Å². The van der Waals surface area contributed by atoms with Crippen molar-refractivity contribution in [3.63, 3.8) is 0 Å². The van der Waals surface area contributed by atoms with E-state index in [1.165, 1.54) is 35.9 Å². The highest BCUT2D eigenvalue weighted by Crippen LogP contribution is 2.30. The molecule has 0 spiro atoms. The van der Waals surface area contributed by atoms with Crippen molar-refractivity contribution in [1.82, 2.24) is 14.5 Å². The number of nitrogens with zero attached hydrogens (tertiary/aromatic N) is 3. The summed E-state index contributed by atoms with van der Waals surface area (Å²) in [7, 11) is 1.54. The van der Waals surface area contributed by atoms with Gasteiger partial charge in [-0.05, 0) is 18.6 Å². The average Bonchev–Trinajstić information content (AvgIpc) is 3.21. The van der Waals surface area contributed by atoms with Crippen LogP contribution in [-0.2, 0) is 17.7 Å². The Bertz CT molecular complexity index is 1240. The molecule has 0 aliphatic carbocycles. The van der Waals surface area contributed by atoms with E-state index in [-0.39, 0.29) is 23.7 Å². The number of benzene rings is 1. The number of hydrogen-bond acceptors (Lipinski definition) is 6. The van der Waals surface area contributed by atoms with E-state index < -0.39 is 28.7 Å². The smallest absolute Gasteiger partial charge is 0.274 e. The molecule has 4 rings (SSSR count). The van der Waals surface area contributed by atoms with Crippen molar-refractivity contribution in [3.05, 3.63) is 68.6 Å². The van der Waals surface area contributed by atoms with Crippen LogP contribution in [0, 0.1) is 11.6 Å². The third-order valence-electron chi connectivity index (χ3n) is 5.43. The normalized spacial score (nSPS) is 15.8. The summed E-state index contributed by atoms with van der Waals surface area (Å²) in [6, 6.07) is 3.12. The SMILES string of the molecule is CCN1C(=O)c2c(O)c(=O)c(-c3ncc(Cc4ccc(F)cc4F)s3)cn2CC1COC. The summed E-state index contributed by atoms with van der Waals surface area (Å²) in [5.74, 6) is -2.37. The zero-order valence-electron chi connectivity index (χ0n) is 17.5. The maximum absolute atomic E-state index is 14.0. The fraction of sp³-hybridized carbons (Fsp3) is 0.318. The fourth-order valence-electron chi connectivity index (χ4n) is 3.90. The van der Waals surface area contributed by atoms with E-state index in [4.69, 9.17) is 4.74 Å². The number of aromatic nitrogens is 2.